The van der Waals surface area contributed by atoms with Gasteiger partial charge >= 0.3 is 0 Å². The van der Waals surface area contributed by atoms with E-state index < -0.39 is 0 Å². The van der Waals surface area contributed by atoms with Gasteiger partial charge in [0.1, 0.15) is 0 Å². The van der Waals surface area contributed by atoms with Crippen molar-refractivity contribution in [1.29, 1.82) is 0 Å². The van der Waals surface area contributed by atoms with Crippen molar-refractivity contribution in [1.82, 2.24) is 19.4 Å². The molecule has 25 heavy (non-hydrogen) atoms. The third-order valence-corrected chi connectivity index (χ3v) is 4.27. The maximum absolute atomic E-state index is 12.7. The molecule has 124 valence electrons. The van der Waals surface area contributed by atoms with Crippen molar-refractivity contribution in [3.05, 3.63) is 81.0 Å². The molecule has 0 aliphatic carbocycles. The van der Waals surface area contributed by atoms with Crippen molar-refractivity contribution in [3.63, 3.8) is 0 Å². The van der Waals surface area contributed by atoms with E-state index in [1.807, 2.05) is 61.5 Å². The molecule has 0 saturated carbocycles. The lowest BCUT2D eigenvalue weighted by molar-refractivity contribution is 0.835. The monoisotopic (exact) mass is 349 g/mol. The highest BCUT2D eigenvalue weighted by atomic mass is 32.1. The molecule has 6 nitrogen and oxygen atoms in total. The summed E-state index contributed by atoms with van der Waals surface area (Å²) in [5.41, 5.74) is 3.62. The van der Waals surface area contributed by atoms with Crippen LogP contribution in [-0.2, 0) is 0 Å². The number of hydrogen-bond donors (Lipinski definition) is 2. The Labute approximate surface area is 148 Å². The number of nitrogens with one attached hydrogen (secondary N) is 2. The molecule has 0 radical (unpaired) electrons. The number of para-hydroxylation sites is 3. The van der Waals surface area contributed by atoms with Gasteiger partial charge in [-0.15, -0.1) is 0 Å². The highest BCUT2D eigenvalue weighted by molar-refractivity contribution is 7.71. The number of hydrogen-bond acceptors (Lipinski definition) is 3. The lowest BCUT2D eigenvalue weighted by Crippen LogP contribution is -2.17. The summed E-state index contributed by atoms with van der Waals surface area (Å²) in [6, 6.07) is 17.1. The van der Waals surface area contributed by atoms with E-state index in [0.717, 1.165) is 22.4 Å². The molecule has 0 bridgehead atoms. The lowest BCUT2D eigenvalue weighted by Gasteiger charge is -1.99. The molecule has 0 saturated heterocycles. The van der Waals surface area contributed by atoms with Crippen molar-refractivity contribution in [2.45, 2.75) is 6.92 Å². The van der Waals surface area contributed by atoms with E-state index in [1.165, 1.54) is 4.68 Å². The third-order valence-electron chi connectivity index (χ3n) is 4.00. The predicted octanol–water partition coefficient (Wildman–Crippen LogP) is 3.37. The van der Waals surface area contributed by atoms with Crippen molar-refractivity contribution in [3.8, 4) is 5.69 Å². The molecule has 2 N–H and O–H groups in total. The van der Waals surface area contributed by atoms with Crippen LogP contribution >= 0.6 is 12.2 Å². The second-order valence-corrected chi connectivity index (χ2v) is 6.02. The minimum Gasteiger partial charge on any atom is -0.329 e. The molecule has 0 fully saturated rings. The van der Waals surface area contributed by atoms with E-state index in [2.05, 4.69) is 15.2 Å². The normalized spacial score (nSPS) is 11.6. The molecule has 4 rings (SSSR count). The van der Waals surface area contributed by atoms with Crippen LogP contribution in [0.4, 0.5) is 0 Å². The molecule has 0 spiro atoms. The van der Waals surface area contributed by atoms with E-state index in [0.29, 0.717) is 10.3 Å². The smallest absolute Gasteiger partial charge is 0.280 e. The number of rotatable bonds is 3. The molecule has 0 atom stereocenters. The number of fused-ring (bicyclic) bond motifs is 1. The van der Waals surface area contributed by atoms with Crippen LogP contribution in [0.25, 0.3) is 16.7 Å². The Kier molecular flexibility index (Phi) is 3.70. The van der Waals surface area contributed by atoms with E-state index in [9.17, 15) is 4.79 Å². The first-order valence-electron chi connectivity index (χ1n) is 7.76. The Morgan fingerprint density at radius 1 is 1.08 bits per heavy atom. The van der Waals surface area contributed by atoms with Gasteiger partial charge in [-0.2, -0.15) is 5.10 Å². The van der Waals surface area contributed by atoms with Crippen LogP contribution < -0.4 is 5.56 Å². The minimum atomic E-state index is -0.154. The average Bonchev–Trinajstić information content (AvgIpc) is 3.10. The topological polar surface area (TPSA) is 70.9 Å². The second kappa shape index (κ2) is 6.03. The Morgan fingerprint density at radius 2 is 1.80 bits per heavy atom. The SMILES string of the molecule is Cc1[nH]n(-c2ccccc2)c(=O)c1/C=N/n1c(=S)[nH]c2ccccc21. The number of aromatic nitrogens is 4. The lowest BCUT2D eigenvalue weighted by atomic mass is 10.3. The molecular formula is C18H15N5OS. The van der Waals surface area contributed by atoms with Crippen molar-refractivity contribution < 1.29 is 0 Å². The summed E-state index contributed by atoms with van der Waals surface area (Å²) in [5, 5.41) is 7.50. The first-order valence-corrected chi connectivity index (χ1v) is 8.17. The van der Waals surface area contributed by atoms with Gasteiger partial charge in [-0.1, -0.05) is 30.3 Å². The standard InChI is InChI=1S/C18H15N5OS/c1-12-14(17(24)22(21-12)13-7-3-2-4-8-13)11-19-23-16-10-6-5-9-15(16)20-18(23)25/h2-11,21H,1H3,(H,20,25)/b19-11+. The van der Waals surface area contributed by atoms with Gasteiger partial charge in [0, 0.05) is 5.69 Å². The first kappa shape index (κ1) is 15.3. The van der Waals surface area contributed by atoms with Crippen LogP contribution in [0.2, 0.25) is 0 Å². The number of benzene rings is 2. The van der Waals surface area contributed by atoms with Crippen LogP contribution in [0.3, 0.4) is 0 Å². The fourth-order valence-electron chi connectivity index (χ4n) is 2.74. The van der Waals surface area contributed by atoms with Crippen molar-refractivity contribution in [2.24, 2.45) is 5.10 Å². The maximum atomic E-state index is 12.7. The van der Waals surface area contributed by atoms with Crippen LogP contribution in [0.15, 0.2) is 64.5 Å². The van der Waals surface area contributed by atoms with Crippen molar-refractivity contribution >= 4 is 29.5 Å². The number of H-pyrrole nitrogens is 2. The van der Waals surface area contributed by atoms with E-state index in [1.54, 1.807) is 10.9 Å². The average molecular weight is 349 g/mol. The zero-order valence-electron chi connectivity index (χ0n) is 13.4. The quantitative estimate of drug-likeness (QED) is 0.440. The molecule has 7 heteroatoms. The van der Waals surface area contributed by atoms with E-state index in [-0.39, 0.29) is 5.56 Å². The number of nitrogens with zero attached hydrogens (tertiary/aromatic N) is 3. The van der Waals surface area contributed by atoms with Crippen LogP contribution in [-0.4, -0.2) is 25.7 Å². The van der Waals surface area contributed by atoms with Gasteiger partial charge in [0.05, 0.1) is 28.5 Å². The Hall–Kier alpha value is -3.19. The fraction of sp³-hybridized carbons (Fsp3) is 0.0556. The zero-order chi connectivity index (χ0) is 17.4. The van der Waals surface area contributed by atoms with Gasteiger partial charge in [-0.3, -0.25) is 9.89 Å². The van der Waals surface area contributed by atoms with Gasteiger partial charge in [0.15, 0.2) is 4.77 Å². The summed E-state index contributed by atoms with van der Waals surface area (Å²) in [6.07, 6.45) is 1.55. The van der Waals surface area contributed by atoms with Gasteiger partial charge in [0.25, 0.3) is 5.56 Å². The fourth-order valence-corrected chi connectivity index (χ4v) is 3.00. The molecule has 2 heterocycles. The summed E-state index contributed by atoms with van der Waals surface area (Å²) >= 11 is 5.32. The molecular weight excluding hydrogens is 334 g/mol. The largest absolute Gasteiger partial charge is 0.329 e. The highest BCUT2D eigenvalue weighted by Crippen LogP contribution is 2.13. The Balaban J connectivity index is 1.80. The van der Waals surface area contributed by atoms with Crippen molar-refractivity contribution in [2.75, 3.05) is 0 Å². The zero-order valence-corrected chi connectivity index (χ0v) is 14.2. The number of imidazole rings is 1. The predicted molar refractivity (Wildman–Crippen MR) is 101 cm³/mol. The highest BCUT2D eigenvalue weighted by Gasteiger charge is 2.11. The molecule has 0 amide bonds. The van der Waals surface area contributed by atoms with Gasteiger partial charge in [-0.05, 0) is 43.4 Å². The first-order chi connectivity index (χ1) is 12.1. The van der Waals surface area contributed by atoms with Gasteiger partial charge in [-0.25, -0.2) is 9.36 Å². The second-order valence-electron chi connectivity index (χ2n) is 5.63. The van der Waals surface area contributed by atoms with Crippen LogP contribution in [0.5, 0.6) is 0 Å². The summed E-state index contributed by atoms with van der Waals surface area (Å²) in [6.45, 7) is 1.84. The van der Waals surface area contributed by atoms with Crippen LogP contribution in [0, 0.1) is 11.7 Å². The summed E-state index contributed by atoms with van der Waals surface area (Å²) in [5.74, 6) is 0. The van der Waals surface area contributed by atoms with E-state index >= 15 is 0 Å². The molecule has 0 aliphatic rings. The molecule has 0 unspecified atom stereocenters. The number of aryl methyl sites for hydroxylation is 1. The third kappa shape index (κ3) is 2.64. The summed E-state index contributed by atoms with van der Waals surface area (Å²) in [4.78, 5) is 15.8. The van der Waals surface area contributed by atoms with E-state index in [4.69, 9.17) is 12.2 Å². The Morgan fingerprint density at radius 3 is 2.60 bits per heavy atom. The molecule has 4 aromatic rings. The van der Waals surface area contributed by atoms with Gasteiger partial charge in [0.2, 0.25) is 0 Å². The number of aromatic amines is 2. The molecule has 0 aliphatic heterocycles. The Bertz CT molecular complexity index is 1190. The van der Waals surface area contributed by atoms with Gasteiger partial charge < -0.3 is 4.98 Å². The summed E-state index contributed by atoms with van der Waals surface area (Å²) in [7, 11) is 0. The molecule has 2 aromatic carbocycles. The maximum Gasteiger partial charge on any atom is 0.280 e. The van der Waals surface area contributed by atoms with Crippen LogP contribution in [0.1, 0.15) is 11.3 Å². The minimum absolute atomic E-state index is 0.154. The molecule has 2 aromatic heterocycles. The summed E-state index contributed by atoms with van der Waals surface area (Å²) < 4.78 is 3.60.